The molecule has 0 aliphatic heterocycles. The van der Waals surface area contributed by atoms with Gasteiger partial charge in [-0.3, -0.25) is 9.69 Å². The Hall–Kier alpha value is -5.66. The number of anilines is 1. The molecule has 0 radical (unpaired) electrons. The van der Waals surface area contributed by atoms with Crippen molar-refractivity contribution < 1.29 is 14.7 Å². The van der Waals surface area contributed by atoms with Crippen molar-refractivity contribution in [3.8, 4) is 12.1 Å². The highest BCUT2D eigenvalue weighted by atomic mass is 16.4. The minimum absolute atomic E-state index is 0.0545. The molecule has 0 unspecified atom stereocenters. The third kappa shape index (κ3) is 4.98. The topological polar surface area (TPSA) is 110 Å². The summed E-state index contributed by atoms with van der Waals surface area (Å²) in [7, 11) is 0. The fourth-order valence-electron chi connectivity index (χ4n) is 4.69. The van der Waals surface area contributed by atoms with E-state index in [2.05, 4.69) is 28.8 Å². The van der Waals surface area contributed by atoms with Gasteiger partial charge in [0.05, 0.1) is 11.6 Å². The summed E-state index contributed by atoms with van der Waals surface area (Å²) in [6, 6.07) is 33.6. The Morgan fingerprint density at radius 1 is 0.846 bits per heavy atom. The third-order valence-corrected chi connectivity index (χ3v) is 6.54. The largest absolute Gasteiger partial charge is 0.478 e. The van der Waals surface area contributed by atoms with Crippen LogP contribution in [0.5, 0.6) is 0 Å². The van der Waals surface area contributed by atoms with E-state index in [1.165, 1.54) is 35.9 Å². The van der Waals surface area contributed by atoms with Gasteiger partial charge in [0, 0.05) is 34.0 Å². The van der Waals surface area contributed by atoms with Crippen LogP contribution in [0.1, 0.15) is 21.5 Å². The molecule has 0 spiro atoms. The van der Waals surface area contributed by atoms with Gasteiger partial charge < -0.3 is 9.67 Å². The Bertz CT molecular complexity index is 1820. The van der Waals surface area contributed by atoms with Crippen LogP contribution in [0, 0.1) is 22.7 Å². The lowest BCUT2D eigenvalue weighted by Crippen LogP contribution is -2.32. The van der Waals surface area contributed by atoms with Crippen molar-refractivity contribution in [3.63, 3.8) is 0 Å². The average molecular weight is 511 g/mol. The van der Waals surface area contributed by atoms with Gasteiger partial charge in [-0.1, -0.05) is 54.6 Å². The molecule has 4 aromatic carbocycles. The number of carbonyl (C=O) groups is 2. The lowest BCUT2D eigenvalue weighted by atomic mass is 10.1. The van der Waals surface area contributed by atoms with Gasteiger partial charge in [-0.15, -0.1) is 0 Å². The molecule has 1 heterocycles. The van der Waals surface area contributed by atoms with Crippen molar-refractivity contribution in [1.29, 1.82) is 10.5 Å². The normalized spacial score (nSPS) is 11.2. The van der Waals surface area contributed by atoms with Crippen LogP contribution >= 0.6 is 0 Å². The van der Waals surface area contributed by atoms with Crippen LogP contribution in [0.3, 0.4) is 0 Å². The number of para-hydroxylation sites is 1. The molecule has 1 amide bonds. The van der Waals surface area contributed by atoms with Gasteiger partial charge in [-0.25, -0.2) is 4.79 Å². The van der Waals surface area contributed by atoms with Crippen LogP contribution in [0.4, 0.5) is 5.69 Å². The number of nitriles is 2. The maximum Gasteiger partial charge on any atom is 0.335 e. The molecular formula is C32H22N4O3. The highest BCUT2D eigenvalue weighted by Gasteiger charge is 2.21. The van der Waals surface area contributed by atoms with Crippen LogP contribution in [-0.4, -0.2) is 28.1 Å². The second kappa shape index (κ2) is 10.8. The second-order valence-electron chi connectivity index (χ2n) is 8.94. The summed E-state index contributed by atoms with van der Waals surface area (Å²) in [5.41, 5.74) is 4.21. The quantitative estimate of drug-likeness (QED) is 0.164. The van der Waals surface area contributed by atoms with E-state index in [1.807, 2.05) is 60.7 Å². The molecule has 7 nitrogen and oxygen atoms in total. The maximum atomic E-state index is 13.3. The minimum Gasteiger partial charge on any atom is -0.478 e. The van der Waals surface area contributed by atoms with E-state index < -0.39 is 11.9 Å². The van der Waals surface area contributed by atoms with Crippen LogP contribution in [0.2, 0.25) is 0 Å². The number of amides is 1. The molecule has 0 aliphatic carbocycles. The molecule has 0 saturated carbocycles. The molecule has 0 aliphatic rings. The van der Waals surface area contributed by atoms with Gasteiger partial charge in [0.25, 0.3) is 5.91 Å². The number of hydrogen-bond acceptors (Lipinski definition) is 4. The highest BCUT2D eigenvalue weighted by Crippen LogP contribution is 2.31. The molecule has 1 N–H and O–H groups in total. The number of carboxylic acids is 1. The average Bonchev–Trinajstić information content (AvgIpc) is 3.27. The Kier molecular flexibility index (Phi) is 6.90. The minimum atomic E-state index is -1.10. The van der Waals surface area contributed by atoms with Gasteiger partial charge >= 0.3 is 5.97 Å². The van der Waals surface area contributed by atoms with Crippen molar-refractivity contribution in [2.75, 3.05) is 11.4 Å². The predicted octanol–water partition coefficient (Wildman–Crippen LogP) is 6.00. The van der Waals surface area contributed by atoms with Gasteiger partial charge in [0.2, 0.25) is 0 Å². The van der Waals surface area contributed by atoms with Crippen molar-refractivity contribution in [2.24, 2.45) is 0 Å². The second-order valence-corrected chi connectivity index (χ2v) is 8.94. The van der Waals surface area contributed by atoms with Crippen LogP contribution in [-0.2, 0) is 11.3 Å². The van der Waals surface area contributed by atoms with Gasteiger partial charge in [-0.05, 0) is 59.7 Å². The van der Waals surface area contributed by atoms with E-state index in [-0.39, 0.29) is 17.7 Å². The number of carbonyl (C=O) groups excluding carboxylic acids is 1. The molecule has 39 heavy (non-hydrogen) atoms. The summed E-state index contributed by atoms with van der Waals surface area (Å²) < 4.78 is 2.25. The summed E-state index contributed by atoms with van der Waals surface area (Å²) in [5, 5.41) is 30.4. The van der Waals surface area contributed by atoms with E-state index >= 15 is 0 Å². The molecule has 1 aromatic heterocycles. The molecule has 5 aromatic rings. The van der Waals surface area contributed by atoms with Crippen LogP contribution in [0.25, 0.3) is 27.9 Å². The standard InChI is InChI=1S/C32H22N4O3/c33-16-17-35(26-13-11-24(12-14-26)32(38)39)31(37)25(20-34)18-23-10-15-30-28(19-23)27-8-4-5-9-29(27)36(30)21-22-6-2-1-3-7-22/h1-15,18-19H,17,21H2,(H,38,39)/b25-18+. The number of fused-ring (bicyclic) bond motifs is 3. The lowest BCUT2D eigenvalue weighted by Gasteiger charge is -2.19. The van der Waals surface area contributed by atoms with Crippen molar-refractivity contribution in [1.82, 2.24) is 4.57 Å². The van der Waals surface area contributed by atoms with Crippen LogP contribution in [0.15, 0.2) is 103 Å². The lowest BCUT2D eigenvalue weighted by molar-refractivity contribution is -0.114. The number of nitrogens with zero attached hydrogens (tertiary/aromatic N) is 4. The number of rotatable bonds is 7. The zero-order valence-corrected chi connectivity index (χ0v) is 20.8. The van der Waals surface area contributed by atoms with Gasteiger partial charge in [-0.2, -0.15) is 10.5 Å². The molecule has 188 valence electrons. The van der Waals surface area contributed by atoms with Crippen molar-refractivity contribution in [2.45, 2.75) is 6.54 Å². The molecule has 0 saturated heterocycles. The Morgan fingerprint density at radius 3 is 2.23 bits per heavy atom. The first-order valence-electron chi connectivity index (χ1n) is 12.2. The third-order valence-electron chi connectivity index (χ3n) is 6.54. The highest BCUT2D eigenvalue weighted by molar-refractivity contribution is 6.12. The summed E-state index contributed by atoms with van der Waals surface area (Å²) in [6.07, 6.45) is 1.51. The number of aromatic carboxylic acids is 1. The summed E-state index contributed by atoms with van der Waals surface area (Å²) >= 11 is 0. The van der Waals surface area contributed by atoms with E-state index in [0.29, 0.717) is 17.8 Å². The maximum absolute atomic E-state index is 13.3. The number of benzene rings is 4. The van der Waals surface area contributed by atoms with E-state index in [1.54, 1.807) is 0 Å². The fraction of sp³-hybridized carbons (Fsp3) is 0.0625. The Morgan fingerprint density at radius 2 is 1.54 bits per heavy atom. The number of hydrogen-bond donors (Lipinski definition) is 1. The van der Waals surface area contributed by atoms with Crippen LogP contribution < -0.4 is 4.90 Å². The van der Waals surface area contributed by atoms with E-state index in [4.69, 9.17) is 5.11 Å². The number of aromatic nitrogens is 1. The molecule has 5 rings (SSSR count). The van der Waals surface area contributed by atoms with E-state index in [9.17, 15) is 20.1 Å². The molecule has 0 atom stereocenters. The Balaban J connectivity index is 1.54. The number of carboxylic acid groups (broad SMARTS) is 1. The smallest absolute Gasteiger partial charge is 0.335 e. The van der Waals surface area contributed by atoms with Crippen molar-refractivity contribution in [3.05, 3.63) is 119 Å². The SMILES string of the molecule is N#CCN(C(=O)/C(C#N)=C/c1ccc2c(c1)c1ccccc1n2Cc1ccccc1)c1ccc(C(=O)O)cc1. The zero-order valence-electron chi connectivity index (χ0n) is 20.8. The van der Waals surface area contributed by atoms with Gasteiger partial charge in [0.1, 0.15) is 18.2 Å². The fourth-order valence-corrected chi connectivity index (χ4v) is 4.69. The molecular weight excluding hydrogens is 488 g/mol. The predicted molar refractivity (Wildman–Crippen MR) is 150 cm³/mol. The first-order chi connectivity index (χ1) is 19.0. The summed E-state index contributed by atoms with van der Waals surface area (Å²) in [5.74, 6) is -1.74. The molecule has 7 heteroatoms. The zero-order chi connectivity index (χ0) is 27.4. The molecule has 0 bridgehead atoms. The first-order valence-corrected chi connectivity index (χ1v) is 12.2. The first kappa shape index (κ1) is 25.0. The van der Waals surface area contributed by atoms with Gasteiger partial charge in [0.15, 0.2) is 0 Å². The van der Waals surface area contributed by atoms with Crippen molar-refractivity contribution >= 4 is 45.4 Å². The summed E-state index contributed by atoms with van der Waals surface area (Å²) in [4.78, 5) is 25.7. The summed E-state index contributed by atoms with van der Waals surface area (Å²) in [6.45, 7) is 0.405. The monoisotopic (exact) mass is 510 g/mol. The Labute approximate surface area is 224 Å². The van der Waals surface area contributed by atoms with E-state index in [0.717, 1.165) is 26.7 Å². The molecule has 0 fully saturated rings.